The molecule has 4 nitrogen and oxygen atoms in total. The molecule has 19 heavy (non-hydrogen) atoms. The van der Waals surface area contributed by atoms with E-state index in [2.05, 4.69) is 10.3 Å². The van der Waals surface area contributed by atoms with Crippen LogP contribution in [0.1, 0.15) is 19.4 Å². The molecule has 4 heteroatoms. The molecule has 100 valence electrons. The number of aromatic nitrogens is 1. The van der Waals surface area contributed by atoms with Crippen molar-refractivity contribution in [1.82, 2.24) is 10.3 Å². The van der Waals surface area contributed by atoms with E-state index in [1.54, 1.807) is 6.20 Å². The Hall–Kier alpha value is -1.94. The van der Waals surface area contributed by atoms with E-state index in [0.29, 0.717) is 6.54 Å². The zero-order valence-electron chi connectivity index (χ0n) is 11.1. The molecule has 0 radical (unpaired) electrons. The number of benzene rings is 1. The molecular formula is C15H18N2O2. The number of carboxylic acids is 1. The quantitative estimate of drug-likeness (QED) is 0.864. The van der Waals surface area contributed by atoms with Crippen LogP contribution in [0.5, 0.6) is 0 Å². The smallest absolute Gasteiger partial charge is 0.320 e. The lowest BCUT2D eigenvalue weighted by Gasteiger charge is -2.18. The van der Waals surface area contributed by atoms with Gasteiger partial charge in [0.1, 0.15) is 6.04 Å². The van der Waals surface area contributed by atoms with Crippen molar-refractivity contribution in [2.45, 2.75) is 26.4 Å². The van der Waals surface area contributed by atoms with Crippen LogP contribution in [0.2, 0.25) is 0 Å². The highest BCUT2D eigenvalue weighted by molar-refractivity contribution is 5.81. The molecule has 0 saturated carbocycles. The van der Waals surface area contributed by atoms with Gasteiger partial charge in [0.2, 0.25) is 0 Å². The fraction of sp³-hybridized carbons (Fsp3) is 0.333. The minimum Gasteiger partial charge on any atom is -0.480 e. The summed E-state index contributed by atoms with van der Waals surface area (Å²) in [5.41, 5.74) is 1.94. The summed E-state index contributed by atoms with van der Waals surface area (Å²) >= 11 is 0. The minimum atomic E-state index is -0.816. The molecule has 0 aliphatic rings. The summed E-state index contributed by atoms with van der Waals surface area (Å²) in [6.07, 6.45) is 1.75. The maximum Gasteiger partial charge on any atom is 0.320 e. The predicted octanol–water partition coefficient (Wildman–Crippen LogP) is 2.43. The fourth-order valence-corrected chi connectivity index (χ4v) is 2.14. The summed E-state index contributed by atoms with van der Waals surface area (Å²) in [4.78, 5) is 15.5. The second-order valence-electron chi connectivity index (χ2n) is 4.93. The van der Waals surface area contributed by atoms with Crippen LogP contribution in [-0.4, -0.2) is 22.1 Å². The predicted molar refractivity (Wildman–Crippen MR) is 74.8 cm³/mol. The third-order valence-electron chi connectivity index (χ3n) is 3.16. The first-order chi connectivity index (χ1) is 9.09. The Labute approximate surface area is 112 Å². The summed E-state index contributed by atoms with van der Waals surface area (Å²) in [5.74, 6) is -0.774. The molecule has 0 amide bonds. The van der Waals surface area contributed by atoms with Crippen LogP contribution in [0.4, 0.5) is 0 Å². The van der Waals surface area contributed by atoms with E-state index in [-0.39, 0.29) is 5.92 Å². The van der Waals surface area contributed by atoms with Gasteiger partial charge in [0.25, 0.3) is 0 Å². The molecule has 0 unspecified atom stereocenters. The molecule has 0 bridgehead atoms. The number of nitrogens with one attached hydrogen (secondary N) is 1. The number of hydrogen-bond donors (Lipinski definition) is 2. The number of para-hydroxylation sites is 1. The molecule has 0 aliphatic carbocycles. The summed E-state index contributed by atoms with van der Waals surface area (Å²) in [6, 6.07) is 9.30. The Morgan fingerprint density at radius 1 is 1.32 bits per heavy atom. The molecule has 0 spiro atoms. The maximum atomic E-state index is 11.1. The Bertz CT molecular complexity index is 576. The summed E-state index contributed by atoms with van der Waals surface area (Å²) in [6.45, 7) is 4.30. The van der Waals surface area contributed by atoms with Gasteiger partial charge >= 0.3 is 5.97 Å². The molecule has 1 atom stereocenters. The minimum absolute atomic E-state index is 0.0421. The van der Waals surface area contributed by atoms with Gasteiger partial charge in [0.05, 0.1) is 5.52 Å². The van der Waals surface area contributed by atoms with E-state index >= 15 is 0 Å². The van der Waals surface area contributed by atoms with Gasteiger partial charge in [-0.2, -0.15) is 0 Å². The van der Waals surface area contributed by atoms with Crippen LogP contribution in [0.25, 0.3) is 10.9 Å². The topological polar surface area (TPSA) is 62.2 Å². The van der Waals surface area contributed by atoms with E-state index in [4.69, 9.17) is 5.11 Å². The summed E-state index contributed by atoms with van der Waals surface area (Å²) in [7, 11) is 0. The van der Waals surface area contributed by atoms with Gasteiger partial charge in [-0.25, -0.2) is 0 Å². The van der Waals surface area contributed by atoms with Crippen molar-refractivity contribution < 1.29 is 9.90 Å². The Kier molecular flexibility index (Phi) is 4.12. The number of fused-ring (bicyclic) bond motifs is 1. The molecule has 0 saturated heterocycles. The molecule has 1 aromatic carbocycles. The number of nitrogens with zero attached hydrogens (tertiary/aromatic N) is 1. The van der Waals surface area contributed by atoms with E-state index in [1.165, 1.54) is 0 Å². The van der Waals surface area contributed by atoms with Gasteiger partial charge in [-0.1, -0.05) is 38.1 Å². The van der Waals surface area contributed by atoms with Crippen molar-refractivity contribution in [2.24, 2.45) is 5.92 Å². The highest BCUT2D eigenvalue weighted by Gasteiger charge is 2.20. The van der Waals surface area contributed by atoms with Crippen molar-refractivity contribution >= 4 is 16.9 Å². The Morgan fingerprint density at radius 2 is 2.05 bits per heavy atom. The summed E-state index contributed by atoms with van der Waals surface area (Å²) in [5, 5.41) is 13.3. The lowest BCUT2D eigenvalue weighted by molar-refractivity contribution is -0.140. The van der Waals surface area contributed by atoms with Crippen LogP contribution in [0.3, 0.4) is 0 Å². The van der Waals surface area contributed by atoms with Gasteiger partial charge in [-0.15, -0.1) is 0 Å². The molecule has 0 aliphatic heterocycles. The number of rotatable bonds is 5. The first kappa shape index (κ1) is 13.5. The van der Waals surface area contributed by atoms with Gasteiger partial charge in [-0.3, -0.25) is 9.78 Å². The number of carbonyl (C=O) groups is 1. The number of carboxylic acid groups (broad SMARTS) is 1. The van der Waals surface area contributed by atoms with Crippen LogP contribution in [-0.2, 0) is 11.3 Å². The van der Waals surface area contributed by atoms with E-state index in [0.717, 1.165) is 16.5 Å². The molecule has 0 fully saturated rings. The molecule has 2 rings (SSSR count). The van der Waals surface area contributed by atoms with Crippen LogP contribution in [0.15, 0.2) is 36.5 Å². The second kappa shape index (κ2) is 5.80. The van der Waals surface area contributed by atoms with Gasteiger partial charge in [0, 0.05) is 18.1 Å². The molecule has 2 N–H and O–H groups in total. The van der Waals surface area contributed by atoms with Crippen LogP contribution in [0, 0.1) is 5.92 Å². The first-order valence-corrected chi connectivity index (χ1v) is 6.38. The SMILES string of the molecule is CC(C)[C@H](NCc1cccc2cccnc12)C(=O)O. The molecule has 1 heterocycles. The third kappa shape index (κ3) is 3.09. The highest BCUT2D eigenvalue weighted by Crippen LogP contribution is 2.16. The fourth-order valence-electron chi connectivity index (χ4n) is 2.14. The molecular weight excluding hydrogens is 240 g/mol. The second-order valence-corrected chi connectivity index (χ2v) is 4.93. The van der Waals surface area contributed by atoms with E-state index in [9.17, 15) is 4.79 Å². The van der Waals surface area contributed by atoms with E-state index < -0.39 is 12.0 Å². The Morgan fingerprint density at radius 3 is 2.74 bits per heavy atom. The van der Waals surface area contributed by atoms with Crippen LogP contribution >= 0.6 is 0 Å². The number of hydrogen-bond acceptors (Lipinski definition) is 3. The first-order valence-electron chi connectivity index (χ1n) is 6.38. The van der Waals surface area contributed by atoms with Crippen molar-refractivity contribution in [2.75, 3.05) is 0 Å². The zero-order valence-corrected chi connectivity index (χ0v) is 11.1. The molecule has 2 aromatic rings. The van der Waals surface area contributed by atoms with Gasteiger partial charge < -0.3 is 10.4 Å². The lowest BCUT2D eigenvalue weighted by atomic mass is 10.0. The molecule has 1 aromatic heterocycles. The van der Waals surface area contributed by atoms with Crippen molar-refractivity contribution in [3.63, 3.8) is 0 Å². The normalized spacial score (nSPS) is 12.8. The Balaban J connectivity index is 2.20. The van der Waals surface area contributed by atoms with Gasteiger partial charge in [-0.05, 0) is 17.5 Å². The average molecular weight is 258 g/mol. The average Bonchev–Trinajstić information content (AvgIpc) is 2.38. The monoisotopic (exact) mass is 258 g/mol. The van der Waals surface area contributed by atoms with Crippen molar-refractivity contribution in [3.8, 4) is 0 Å². The maximum absolute atomic E-state index is 11.1. The van der Waals surface area contributed by atoms with Crippen molar-refractivity contribution in [1.29, 1.82) is 0 Å². The zero-order chi connectivity index (χ0) is 13.8. The largest absolute Gasteiger partial charge is 0.480 e. The van der Waals surface area contributed by atoms with Gasteiger partial charge in [0.15, 0.2) is 0 Å². The third-order valence-corrected chi connectivity index (χ3v) is 3.16. The number of aliphatic carboxylic acids is 1. The standard InChI is InChI=1S/C15H18N2O2/c1-10(2)13(15(18)19)17-9-12-6-3-5-11-7-4-8-16-14(11)12/h3-8,10,13,17H,9H2,1-2H3,(H,18,19)/t13-/m0/s1. The van der Waals surface area contributed by atoms with Crippen LogP contribution < -0.4 is 5.32 Å². The highest BCUT2D eigenvalue weighted by atomic mass is 16.4. The summed E-state index contributed by atoms with van der Waals surface area (Å²) < 4.78 is 0. The lowest BCUT2D eigenvalue weighted by Crippen LogP contribution is -2.40. The number of pyridine rings is 1. The van der Waals surface area contributed by atoms with Crippen molar-refractivity contribution in [3.05, 3.63) is 42.1 Å². The van der Waals surface area contributed by atoms with E-state index in [1.807, 2.05) is 44.2 Å².